The van der Waals surface area contributed by atoms with Crippen molar-refractivity contribution in [3.63, 3.8) is 0 Å². The zero-order valence-corrected chi connectivity index (χ0v) is 17.5. The molecule has 3 atom stereocenters. The molecule has 7 heteroatoms. The van der Waals surface area contributed by atoms with Crippen molar-refractivity contribution >= 4 is 16.0 Å². The maximum Gasteiger partial charge on any atom is 0.211 e. The molecule has 0 bridgehead atoms. The number of hydrogen-bond donors (Lipinski definition) is 1. The Balaban J connectivity index is 1.58. The SMILES string of the molecule is CN=C(NC[C@H]1CCCN1S(C)(=O)=O)N1CCC(c2ccccc2)C(C)C1. The summed E-state index contributed by atoms with van der Waals surface area (Å²) in [4.78, 5) is 6.76. The predicted molar refractivity (Wildman–Crippen MR) is 110 cm³/mol. The van der Waals surface area contributed by atoms with E-state index in [4.69, 9.17) is 0 Å². The predicted octanol–water partition coefficient (Wildman–Crippen LogP) is 2.11. The van der Waals surface area contributed by atoms with E-state index in [1.54, 1.807) is 11.4 Å². The van der Waals surface area contributed by atoms with E-state index in [2.05, 4.69) is 52.5 Å². The Morgan fingerprint density at radius 1 is 1.22 bits per heavy atom. The second-order valence-electron chi connectivity index (χ2n) is 7.83. The molecule has 2 heterocycles. The van der Waals surface area contributed by atoms with Crippen LogP contribution in [0.2, 0.25) is 0 Å². The second-order valence-corrected chi connectivity index (χ2v) is 9.76. The highest BCUT2D eigenvalue weighted by Crippen LogP contribution is 2.32. The van der Waals surface area contributed by atoms with Gasteiger partial charge in [-0.2, -0.15) is 4.31 Å². The van der Waals surface area contributed by atoms with Gasteiger partial charge in [0.15, 0.2) is 5.96 Å². The van der Waals surface area contributed by atoms with Crippen molar-refractivity contribution in [2.45, 2.75) is 38.1 Å². The van der Waals surface area contributed by atoms with Crippen LogP contribution in [0.5, 0.6) is 0 Å². The van der Waals surface area contributed by atoms with Crippen molar-refractivity contribution in [3.8, 4) is 0 Å². The third-order valence-electron chi connectivity index (χ3n) is 5.89. The number of benzene rings is 1. The summed E-state index contributed by atoms with van der Waals surface area (Å²) in [6, 6.07) is 10.8. The number of sulfonamides is 1. The number of nitrogens with one attached hydrogen (secondary N) is 1. The van der Waals surface area contributed by atoms with Crippen LogP contribution in [-0.2, 0) is 10.0 Å². The fraction of sp³-hybridized carbons (Fsp3) is 0.650. The van der Waals surface area contributed by atoms with Crippen LogP contribution in [0, 0.1) is 5.92 Å². The van der Waals surface area contributed by atoms with Gasteiger partial charge in [-0.05, 0) is 36.7 Å². The van der Waals surface area contributed by atoms with Crippen LogP contribution < -0.4 is 5.32 Å². The first kappa shape index (κ1) is 20.1. The molecule has 0 aliphatic carbocycles. The largest absolute Gasteiger partial charge is 0.355 e. The van der Waals surface area contributed by atoms with E-state index in [1.807, 2.05) is 0 Å². The van der Waals surface area contributed by atoms with Crippen LogP contribution in [0.25, 0.3) is 0 Å². The van der Waals surface area contributed by atoms with Crippen molar-refractivity contribution in [1.82, 2.24) is 14.5 Å². The van der Waals surface area contributed by atoms with Crippen molar-refractivity contribution in [1.29, 1.82) is 0 Å². The van der Waals surface area contributed by atoms with Gasteiger partial charge < -0.3 is 10.2 Å². The Bertz CT molecular complexity index is 751. The van der Waals surface area contributed by atoms with Gasteiger partial charge in [-0.3, -0.25) is 4.99 Å². The zero-order valence-electron chi connectivity index (χ0n) is 16.6. The Hall–Kier alpha value is -1.60. The maximum atomic E-state index is 11.9. The zero-order chi connectivity index (χ0) is 19.4. The van der Waals surface area contributed by atoms with Gasteiger partial charge in [-0.1, -0.05) is 37.3 Å². The number of guanidine groups is 1. The van der Waals surface area contributed by atoms with E-state index in [9.17, 15) is 8.42 Å². The minimum absolute atomic E-state index is 0.0241. The Labute approximate surface area is 163 Å². The van der Waals surface area contributed by atoms with Crippen LogP contribution in [0.15, 0.2) is 35.3 Å². The van der Waals surface area contributed by atoms with Crippen molar-refractivity contribution < 1.29 is 8.42 Å². The lowest BCUT2D eigenvalue weighted by molar-refractivity contribution is 0.233. The van der Waals surface area contributed by atoms with Crippen LogP contribution in [0.4, 0.5) is 0 Å². The highest BCUT2D eigenvalue weighted by Gasteiger charge is 2.32. The molecule has 0 saturated carbocycles. The third-order valence-corrected chi connectivity index (χ3v) is 7.22. The van der Waals surface area contributed by atoms with Gasteiger partial charge in [0.05, 0.1) is 6.26 Å². The van der Waals surface area contributed by atoms with Crippen LogP contribution >= 0.6 is 0 Å². The molecule has 1 N–H and O–H groups in total. The highest BCUT2D eigenvalue weighted by atomic mass is 32.2. The maximum absolute atomic E-state index is 11.9. The molecule has 0 amide bonds. The fourth-order valence-electron chi connectivity index (χ4n) is 4.52. The van der Waals surface area contributed by atoms with E-state index >= 15 is 0 Å². The van der Waals surface area contributed by atoms with Crippen LogP contribution in [-0.4, -0.2) is 69.1 Å². The first-order valence-electron chi connectivity index (χ1n) is 9.87. The summed E-state index contributed by atoms with van der Waals surface area (Å²) in [7, 11) is -1.33. The van der Waals surface area contributed by atoms with Gasteiger partial charge in [0, 0.05) is 39.3 Å². The second kappa shape index (κ2) is 8.61. The van der Waals surface area contributed by atoms with Gasteiger partial charge >= 0.3 is 0 Å². The molecule has 0 spiro atoms. The summed E-state index contributed by atoms with van der Waals surface area (Å²) in [5.41, 5.74) is 1.42. The van der Waals surface area contributed by atoms with Crippen LogP contribution in [0.3, 0.4) is 0 Å². The monoisotopic (exact) mass is 392 g/mol. The molecule has 6 nitrogen and oxygen atoms in total. The lowest BCUT2D eigenvalue weighted by Crippen LogP contribution is -2.51. The third kappa shape index (κ3) is 4.82. The van der Waals surface area contributed by atoms with E-state index < -0.39 is 10.0 Å². The normalized spacial score (nSPS) is 27.7. The molecule has 0 radical (unpaired) electrons. The lowest BCUT2D eigenvalue weighted by atomic mass is 9.82. The molecule has 2 fully saturated rings. The minimum Gasteiger partial charge on any atom is -0.355 e. The summed E-state index contributed by atoms with van der Waals surface area (Å²) >= 11 is 0. The molecular weight excluding hydrogens is 360 g/mol. The summed E-state index contributed by atoms with van der Waals surface area (Å²) in [6.45, 7) is 5.47. The van der Waals surface area contributed by atoms with Gasteiger partial charge in [0.2, 0.25) is 10.0 Å². The van der Waals surface area contributed by atoms with E-state index in [0.717, 1.165) is 38.3 Å². The number of hydrogen-bond acceptors (Lipinski definition) is 3. The molecule has 2 aliphatic rings. The molecule has 2 saturated heterocycles. The smallest absolute Gasteiger partial charge is 0.211 e. The van der Waals surface area contributed by atoms with E-state index in [-0.39, 0.29) is 6.04 Å². The average Bonchev–Trinajstić information content (AvgIpc) is 3.12. The fourth-order valence-corrected chi connectivity index (χ4v) is 5.71. The molecule has 3 rings (SSSR count). The Morgan fingerprint density at radius 3 is 2.59 bits per heavy atom. The van der Waals surface area contributed by atoms with E-state index in [0.29, 0.717) is 24.9 Å². The number of piperidine rings is 1. The average molecular weight is 393 g/mol. The van der Waals surface area contributed by atoms with Gasteiger partial charge in [0.25, 0.3) is 0 Å². The molecule has 1 aromatic rings. The molecule has 1 aromatic carbocycles. The standard InChI is InChI=1S/C20H32N4O2S/c1-16-15-23(13-11-19(16)17-8-5-4-6-9-17)20(21-2)22-14-18-10-7-12-24(18)27(3,25)26/h4-6,8-9,16,18-19H,7,10-15H2,1-3H3,(H,21,22)/t16?,18-,19?/m1/s1. The summed E-state index contributed by atoms with van der Waals surface area (Å²) < 4.78 is 25.5. The van der Waals surface area contributed by atoms with Crippen molar-refractivity contribution in [2.24, 2.45) is 10.9 Å². The summed E-state index contributed by atoms with van der Waals surface area (Å²) in [6.07, 6.45) is 4.24. The molecule has 0 aromatic heterocycles. The lowest BCUT2D eigenvalue weighted by Gasteiger charge is -2.39. The van der Waals surface area contributed by atoms with Crippen molar-refractivity contribution in [2.75, 3.05) is 39.5 Å². The first-order valence-corrected chi connectivity index (χ1v) is 11.7. The molecule has 2 unspecified atom stereocenters. The van der Waals surface area contributed by atoms with Gasteiger partial charge in [-0.15, -0.1) is 0 Å². The quantitative estimate of drug-likeness (QED) is 0.630. The number of rotatable bonds is 4. The van der Waals surface area contributed by atoms with Crippen molar-refractivity contribution in [3.05, 3.63) is 35.9 Å². The van der Waals surface area contributed by atoms with E-state index in [1.165, 1.54) is 11.8 Å². The molecule has 27 heavy (non-hydrogen) atoms. The van der Waals surface area contributed by atoms with Gasteiger partial charge in [0.1, 0.15) is 0 Å². The topological polar surface area (TPSA) is 65.0 Å². The van der Waals surface area contributed by atoms with Gasteiger partial charge in [-0.25, -0.2) is 8.42 Å². The Kier molecular flexibility index (Phi) is 6.42. The summed E-state index contributed by atoms with van der Waals surface area (Å²) in [5.74, 6) is 2.00. The Morgan fingerprint density at radius 2 is 1.96 bits per heavy atom. The van der Waals surface area contributed by atoms with Crippen LogP contribution in [0.1, 0.15) is 37.7 Å². The number of nitrogens with zero attached hydrogens (tertiary/aromatic N) is 3. The summed E-state index contributed by atoms with van der Waals surface area (Å²) in [5, 5.41) is 3.43. The molecular formula is C20H32N4O2S. The number of aliphatic imine (C=N–C) groups is 1. The molecule has 2 aliphatic heterocycles. The first-order chi connectivity index (χ1) is 12.9. The minimum atomic E-state index is -3.14. The highest BCUT2D eigenvalue weighted by molar-refractivity contribution is 7.88. The molecule has 150 valence electrons. The number of likely N-dealkylation sites (tertiary alicyclic amines) is 1.